The maximum atomic E-state index is 13.1. The Morgan fingerprint density at radius 1 is 1.04 bits per heavy atom. The molecule has 0 atom stereocenters. The molecule has 0 fully saturated rings. The van der Waals surface area contributed by atoms with Crippen LogP contribution in [0.1, 0.15) is 5.56 Å². The van der Waals surface area contributed by atoms with E-state index in [9.17, 15) is 22.4 Å². The Labute approximate surface area is 132 Å². The van der Waals surface area contributed by atoms with Crippen LogP contribution in [0.25, 0.3) is 0 Å². The maximum Gasteiger partial charge on any atom is 0.417 e. The van der Waals surface area contributed by atoms with E-state index in [-0.39, 0.29) is 11.4 Å². The largest absolute Gasteiger partial charge is 0.505 e. The summed E-state index contributed by atoms with van der Waals surface area (Å²) in [5, 5.41) is 12.9. The molecule has 3 N–H and O–H groups in total. The van der Waals surface area contributed by atoms with Gasteiger partial charge < -0.3 is 15.7 Å². The smallest absolute Gasteiger partial charge is 0.417 e. The summed E-state index contributed by atoms with van der Waals surface area (Å²) in [5.41, 5.74) is -1.21. The number of phenolic OH excluding ortho intramolecular Hbond substituents is 1. The molecular weight excluding hydrogens is 340 g/mol. The van der Waals surface area contributed by atoms with Crippen molar-refractivity contribution in [2.45, 2.75) is 6.18 Å². The zero-order valence-electron chi connectivity index (χ0n) is 11.2. The highest BCUT2D eigenvalue weighted by molar-refractivity contribution is 6.31. The minimum Gasteiger partial charge on any atom is -0.505 e. The van der Waals surface area contributed by atoms with Crippen LogP contribution in [0.4, 0.5) is 33.7 Å². The standard InChI is InChI=1S/C14H9ClF4N2O2/c15-10-3-1-7(5-9(10)14(17,18)19)20-13(23)21-8-2-4-12(22)11(16)6-8/h1-6,22H,(H2,20,21,23). The molecule has 0 aliphatic rings. The molecule has 9 heteroatoms. The van der Waals surface area contributed by atoms with Gasteiger partial charge >= 0.3 is 12.2 Å². The van der Waals surface area contributed by atoms with Crippen molar-refractivity contribution in [1.82, 2.24) is 0 Å². The molecule has 0 spiro atoms. The van der Waals surface area contributed by atoms with E-state index in [4.69, 9.17) is 16.7 Å². The molecule has 0 aromatic heterocycles. The van der Waals surface area contributed by atoms with E-state index in [1.54, 1.807) is 0 Å². The summed E-state index contributed by atoms with van der Waals surface area (Å²) in [6.07, 6.45) is -4.66. The zero-order valence-corrected chi connectivity index (χ0v) is 12.0. The minimum atomic E-state index is -4.66. The van der Waals surface area contributed by atoms with Crippen LogP contribution in [-0.2, 0) is 6.18 Å². The van der Waals surface area contributed by atoms with Crippen molar-refractivity contribution in [3.05, 3.63) is 52.8 Å². The van der Waals surface area contributed by atoms with Gasteiger partial charge in [0.2, 0.25) is 0 Å². The number of halogens is 5. The lowest BCUT2D eigenvalue weighted by molar-refractivity contribution is -0.137. The van der Waals surface area contributed by atoms with Crippen LogP contribution in [0.5, 0.6) is 5.75 Å². The van der Waals surface area contributed by atoms with Crippen molar-refractivity contribution in [3.63, 3.8) is 0 Å². The van der Waals surface area contributed by atoms with Crippen LogP contribution >= 0.6 is 11.6 Å². The van der Waals surface area contributed by atoms with Crippen molar-refractivity contribution in [3.8, 4) is 5.75 Å². The first-order valence-electron chi connectivity index (χ1n) is 6.10. The van der Waals surface area contributed by atoms with E-state index >= 15 is 0 Å². The number of benzene rings is 2. The number of phenols is 1. The van der Waals surface area contributed by atoms with Crippen molar-refractivity contribution >= 4 is 29.0 Å². The Morgan fingerprint density at radius 3 is 2.17 bits per heavy atom. The van der Waals surface area contributed by atoms with E-state index in [2.05, 4.69) is 10.6 Å². The Balaban J connectivity index is 2.12. The quantitative estimate of drug-likeness (QED) is 0.537. The highest BCUT2D eigenvalue weighted by atomic mass is 35.5. The SMILES string of the molecule is O=C(Nc1ccc(O)c(F)c1)Nc1ccc(Cl)c(C(F)(F)F)c1. The molecule has 0 heterocycles. The average molecular weight is 349 g/mol. The maximum absolute atomic E-state index is 13.1. The second-order valence-corrected chi connectivity index (χ2v) is 4.84. The van der Waals surface area contributed by atoms with Crippen molar-refractivity contribution in [2.24, 2.45) is 0 Å². The van der Waals surface area contributed by atoms with Gasteiger partial charge in [0.15, 0.2) is 11.6 Å². The van der Waals surface area contributed by atoms with Gasteiger partial charge in [0.1, 0.15) is 0 Å². The Hall–Kier alpha value is -2.48. The van der Waals surface area contributed by atoms with Crippen LogP contribution < -0.4 is 10.6 Å². The van der Waals surface area contributed by atoms with E-state index in [0.29, 0.717) is 6.07 Å². The van der Waals surface area contributed by atoms with Crippen molar-refractivity contribution in [1.29, 1.82) is 0 Å². The summed E-state index contributed by atoms with van der Waals surface area (Å²) < 4.78 is 51.3. The Morgan fingerprint density at radius 2 is 1.61 bits per heavy atom. The number of rotatable bonds is 2. The molecule has 2 rings (SSSR count). The van der Waals surface area contributed by atoms with E-state index in [1.165, 1.54) is 12.1 Å². The highest BCUT2D eigenvalue weighted by Gasteiger charge is 2.33. The van der Waals surface area contributed by atoms with Crippen molar-refractivity contribution in [2.75, 3.05) is 10.6 Å². The molecule has 122 valence electrons. The number of anilines is 2. The van der Waals surface area contributed by atoms with Gasteiger partial charge in [-0.2, -0.15) is 13.2 Å². The van der Waals surface area contributed by atoms with Crippen LogP contribution in [0, 0.1) is 5.82 Å². The number of carbonyl (C=O) groups excluding carboxylic acids is 1. The van der Waals surface area contributed by atoms with Gasteiger partial charge in [-0.15, -0.1) is 0 Å². The Bertz CT molecular complexity index is 750. The number of carbonyl (C=O) groups is 1. The summed E-state index contributed by atoms with van der Waals surface area (Å²) >= 11 is 5.47. The lowest BCUT2D eigenvalue weighted by Crippen LogP contribution is -2.20. The summed E-state index contributed by atoms with van der Waals surface area (Å²) in [5.74, 6) is -1.54. The lowest BCUT2D eigenvalue weighted by Gasteiger charge is -2.12. The molecule has 0 bridgehead atoms. The van der Waals surface area contributed by atoms with Gasteiger partial charge in [-0.25, -0.2) is 9.18 Å². The predicted molar refractivity (Wildman–Crippen MR) is 77.2 cm³/mol. The van der Waals surface area contributed by atoms with E-state index in [0.717, 1.165) is 18.2 Å². The monoisotopic (exact) mass is 348 g/mol. The van der Waals surface area contributed by atoms with Crippen molar-refractivity contribution < 1.29 is 27.5 Å². The van der Waals surface area contributed by atoms with Crippen LogP contribution in [0.3, 0.4) is 0 Å². The second-order valence-electron chi connectivity index (χ2n) is 4.44. The third-order valence-corrected chi connectivity index (χ3v) is 3.06. The van der Waals surface area contributed by atoms with Gasteiger partial charge in [0.25, 0.3) is 0 Å². The van der Waals surface area contributed by atoms with E-state index < -0.39 is 34.4 Å². The summed E-state index contributed by atoms with van der Waals surface area (Å²) in [6, 6.07) is 5.09. The molecule has 23 heavy (non-hydrogen) atoms. The number of nitrogens with one attached hydrogen (secondary N) is 2. The molecule has 2 aromatic carbocycles. The topological polar surface area (TPSA) is 61.4 Å². The van der Waals surface area contributed by atoms with Crippen LogP contribution in [-0.4, -0.2) is 11.1 Å². The number of urea groups is 1. The van der Waals surface area contributed by atoms with Gasteiger partial charge in [0, 0.05) is 17.4 Å². The molecular formula is C14H9ClF4N2O2. The molecule has 0 saturated heterocycles. The first-order chi connectivity index (χ1) is 10.7. The Kier molecular flexibility index (Phi) is 4.65. The predicted octanol–water partition coefficient (Wildman–Crippen LogP) is 4.85. The van der Waals surface area contributed by atoms with Gasteiger partial charge in [0.05, 0.1) is 10.6 Å². The molecule has 0 unspecified atom stereocenters. The van der Waals surface area contributed by atoms with E-state index in [1.807, 2.05) is 0 Å². The normalized spacial score (nSPS) is 11.2. The molecule has 0 aliphatic carbocycles. The second kappa shape index (κ2) is 6.33. The average Bonchev–Trinajstić information content (AvgIpc) is 2.44. The fraction of sp³-hybridized carbons (Fsp3) is 0.0714. The first kappa shape index (κ1) is 16.9. The minimum absolute atomic E-state index is 0.0165. The lowest BCUT2D eigenvalue weighted by atomic mass is 10.2. The molecule has 4 nitrogen and oxygen atoms in total. The first-order valence-corrected chi connectivity index (χ1v) is 6.48. The number of alkyl halides is 3. The summed E-state index contributed by atoms with van der Waals surface area (Å²) in [4.78, 5) is 11.7. The number of hydrogen-bond acceptors (Lipinski definition) is 2. The molecule has 0 saturated carbocycles. The number of aromatic hydroxyl groups is 1. The molecule has 2 aromatic rings. The fourth-order valence-electron chi connectivity index (χ4n) is 1.70. The summed E-state index contributed by atoms with van der Waals surface area (Å²) in [6.45, 7) is 0. The zero-order chi connectivity index (χ0) is 17.2. The fourth-order valence-corrected chi connectivity index (χ4v) is 1.92. The number of hydrogen-bond donors (Lipinski definition) is 3. The van der Waals surface area contributed by atoms with Crippen LogP contribution in [0.2, 0.25) is 5.02 Å². The molecule has 0 aliphatic heterocycles. The number of amides is 2. The third-order valence-electron chi connectivity index (χ3n) is 2.74. The van der Waals surface area contributed by atoms with Gasteiger partial charge in [-0.3, -0.25) is 0 Å². The van der Waals surface area contributed by atoms with Gasteiger partial charge in [-0.05, 0) is 30.3 Å². The highest BCUT2D eigenvalue weighted by Crippen LogP contribution is 2.36. The van der Waals surface area contributed by atoms with Gasteiger partial charge in [-0.1, -0.05) is 11.6 Å². The molecule has 0 radical (unpaired) electrons. The van der Waals surface area contributed by atoms with Crippen LogP contribution in [0.15, 0.2) is 36.4 Å². The molecule has 2 amide bonds. The summed E-state index contributed by atoms with van der Waals surface area (Å²) in [7, 11) is 0. The third kappa shape index (κ3) is 4.26.